The quantitative estimate of drug-likeness (QED) is 0.693. The molecule has 2 aromatic carbocycles. The Morgan fingerprint density at radius 3 is 2.48 bits per heavy atom. The Hall–Kier alpha value is -2.79. The molecule has 1 N–H and O–H groups in total. The van der Waals surface area contributed by atoms with Gasteiger partial charge in [-0.2, -0.15) is 5.10 Å². The molecule has 0 aliphatic carbocycles. The van der Waals surface area contributed by atoms with Crippen LogP contribution in [0.5, 0.6) is 5.75 Å². The van der Waals surface area contributed by atoms with E-state index < -0.39 is 6.10 Å². The summed E-state index contributed by atoms with van der Waals surface area (Å²) >= 11 is 5.86. The standard InChI is InChI=1S/C21H22ClN3O2/c1-14-20(15(2)25(24-14)18-7-5-4-6-8-18)13-23-21(26)16(3)27-19-11-9-17(22)10-12-19/h4-12,16H,13H2,1-3H3,(H,23,26)/t16-/m1/s1. The van der Waals surface area contributed by atoms with Crippen molar-refractivity contribution in [2.45, 2.75) is 33.4 Å². The Kier molecular flexibility index (Phi) is 5.81. The van der Waals surface area contributed by atoms with Gasteiger partial charge in [-0.3, -0.25) is 4.79 Å². The fourth-order valence-electron chi connectivity index (χ4n) is 2.84. The number of ether oxygens (including phenoxy) is 1. The lowest BCUT2D eigenvalue weighted by atomic mass is 10.2. The van der Waals surface area contributed by atoms with Gasteiger partial charge < -0.3 is 10.1 Å². The van der Waals surface area contributed by atoms with E-state index in [2.05, 4.69) is 10.4 Å². The summed E-state index contributed by atoms with van der Waals surface area (Å²) in [5, 5.41) is 8.16. The molecule has 1 aromatic heterocycles. The first-order chi connectivity index (χ1) is 13.0. The van der Waals surface area contributed by atoms with Crippen molar-refractivity contribution in [1.29, 1.82) is 0 Å². The van der Waals surface area contributed by atoms with Crippen LogP contribution in [0.25, 0.3) is 5.69 Å². The van der Waals surface area contributed by atoms with E-state index in [1.807, 2.05) is 48.9 Å². The Morgan fingerprint density at radius 2 is 1.81 bits per heavy atom. The highest BCUT2D eigenvalue weighted by atomic mass is 35.5. The van der Waals surface area contributed by atoms with Crippen molar-refractivity contribution >= 4 is 17.5 Å². The van der Waals surface area contributed by atoms with Crippen LogP contribution < -0.4 is 10.1 Å². The minimum absolute atomic E-state index is 0.184. The van der Waals surface area contributed by atoms with Crippen molar-refractivity contribution in [3.63, 3.8) is 0 Å². The lowest BCUT2D eigenvalue weighted by Crippen LogP contribution is -2.36. The Morgan fingerprint density at radius 1 is 1.15 bits per heavy atom. The van der Waals surface area contributed by atoms with Gasteiger partial charge in [-0.05, 0) is 57.2 Å². The topological polar surface area (TPSA) is 56.2 Å². The van der Waals surface area contributed by atoms with Gasteiger partial charge in [0.05, 0.1) is 11.4 Å². The van der Waals surface area contributed by atoms with E-state index in [0.717, 1.165) is 22.6 Å². The summed E-state index contributed by atoms with van der Waals surface area (Å²) in [6, 6.07) is 16.9. The van der Waals surface area contributed by atoms with Crippen LogP contribution in [0, 0.1) is 13.8 Å². The van der Waals surface area contributed by atoms with Crippen LogP contribution in [-0.4, -0.2) is 21.8 Å². The smallest absolute Gasteiger partial charge is 0.261 e. The molecule has 3 rings (SSSR count). The molecule has 0 aliphatic heterocycles. The van der Waals surface area contributed by atoms with Crippen LogP contribution in [0.3, 0.4) is 0 Å². The Bertz CT molecular complexity index is 921. The summed E-state index contributed by atoms with van der Waals surface area (Å²) in [6.07, 6.45) is -0.615. The number of aryl methyl sites for hydroxylation is 1. The Labute approximate surface area is 163 Å². The normalized spacial score (nSPS) is 11.9. The first-order valence-electron chi connectivity index (χ1n) is 8.76. The molecule has 0 unspecified atom stereocenters. The summed E-state index contributed by atoms with van der Waals surface area (Å²) in [5.74, 6) is 0.419. The zero-order valence-corrected chi connectivity index (χ0v) is 16.3. The molecule has 27 heavy (non-hydrogen) atoms. The maximum absolute atomic E-state index is 12.4. The van der Waals surface area contributed by atoms with Gasteiger partial charge in [-0.15, -0.1) is 0 Å². The molecule has 1 heterocycles. The number of para-hydroxylation sites is 1. The molecule has 140 valence electrons. The second kappa shape index (κ2) is 8.27. The lowest BCUT2D eigenvalue weighted by Gasteiger charge is -2.15. The van der Waals surface area contributed by atoms with E-state index in [4.69, 9.17) is 16.3 Å². The van der Waals surface area contributed by atoms with Gasteiger partial charge in [0.2, 0.25) is 0 Å². The van der Waals surface area contributed by atoms with Crippen molar-refractivity contribution in [3.05, 3.63) is 76.6 Å². The largest absolute Gasteiger partial charge is 0.481 e. The molecule has 1 atom stereocenters. The second-order valence-corrected chi connectivity index (χ2v) is 6.76. The van der Waals surface area contributed by atoms with E-state index >= 15 is 0 Å². The van der Waals surface area contributed by atoms with Gasteiger partial charge in [0.25, 0.3) is 5.91 Å². The number of nitrogens with one attached hydrogen (secondary N) is 1. The van der Waals surface area contributed by atoms with Gasteiger partial charge in [0.1, 0.15) is 5.75 Å². The van der Waals surface area contributed by atoms with E-state index in [9.17, 15) is 4.79 Å². The van der Waals surface area contributed by atoms with E-state index in [-0.39, 0.29) is 5.91 Å². The van der Waals surface area contributed by atoms with Crippen molar-refractivity contribution in [2.24, 2.45) is 0 Å². The third-order valence-corrected chi connectivity index (χ3v) is 4.63. The summed E-state index contributed by atoms with van der Waals surface area (Å²) in [6.45, 7) is 6.07. The highest BCUT2D eigenvalue weighted by Gasteiger charge is 2.17. The van der Waals surface area contributed by atoms with E-state index in [0.29, 0.717) is 17.3 Å². The number of benzene rings is 2. The third-order valence-electron chi connectivity index (χ3n) is 4.38. The number of halogens is 1. The maximum Gasteiger partial charge on any atom is 0.261 e. The fraction of sp³-hybridized carbons (Fsp3) is 0.238. The predicted molar refractivity (Wildman–Crippen MR) is 106 cm³/mol. The maximum atomic E-state index is 12.4. The summed E-state index contributed by atoms with van der Waals surface area (Å²) in [5.41, 5.74) is 3.90. The van der Waals surface area contributed by atoms with Crippen LogP contribution in [0.15, 0.2) is 54.6 Å². The molecule has 0 spiro atoms. The molecule has 5 nitrogen and oxygen atoms in total. The van der Waals surface area contributed by atoms with Crippen LogP contribution >= 0.6 is 11.6 Å². The third kappa shape index (κ3) is 4.49. The molecule has 0 saturated heterocycles. The lowest BCUT2D eigenvalue weighted by molar-refractivity contribution is -0.127. The number of nitrogens with zero attached hydrogens (tertiary/aromatic N) is 2. The average Bonchev–Trinajstić information content (AvgIpc) is 2.96. The first kappa shape index (κ1) is 19.0. The van der Waals surface area contributed by atoms with Gasteiger partial charge in [0.15, 0.2) is 6.10 Å². The van der Waals surface area contributed by atoms with Gasteiger partial charge >= 0.3 is 0 Å². The molecule has 6 heteroatoms. The second-order valence-electron chi connectivity index (χ2n) is 6.33. The molecule has 0 saturated carbocycles. The van der Waals surface area contributed by atoms with Gasteiger partial charge in [-0.1, -0.05) is 29.8 Å². The van der Waals surface area contributed by atoms with Gasteiger partial charge in [-0.25, -0.2) is 4.68 Å². The first-order valence-corrected chi connectivity index (χ1v) is 9.14. The molecule has 3 aromatic rings. The average molecular weight is 384 g/mol. The number of amides is 1. The minimum atomic E-state index is -0.615. The molecular weight excluding hydrogens is 362 g/mol. The molecule has 0 radical (unpaired) electrons. The number of hydrogen-bond donors (Lipinski definition) is 1. The summed E-state index contributed by atoms with van der Waals surface area (Å²) in [7, 11) is 0. The van der Waals surface area contributed by atoms with Crippen molar-refractivity contribution < 1.29 is 9.53 Å². The Balaban J connectivity index is 1.65. The van der Waals surface area contributed by atoms with E-state index in [1.54, 1.807) is 31.2 Å². The number of carbonyl (C=O) groups excluding carboxylic acids is 1. The SMILES string of the molecule is Cc1nn(-c2ccccc2)c(C)c1CNC(=O)[C@@H](C)Oc1ccc(Cl)cc1. The van der Waals surface area contributed by atoms with Crippen molar-refractivity contribution in [1.82, 2.24) is 15.1 Å². The van der Waals surface area contributed by atoms with Crippen LogP contribution in [0.2, 0.25) is 5.02 Å². The minimum Gasteiger partial charge on any atom is -0.481 e. The van der Waals surface area contributed by atoms with Gasteiger partial charge in [0, 0.05) is 22.8 Å². The summed E-state index contributed by atoms with van der Waals surface area (Å²) < 4.78 is 7.56. The number of aromatic nitrogens is 2. The molecule has 1 amide bonds. The zero-order chi connectivity index (χ0) is 19.4. The molecule has 0 aliphatic rings. The van der Waals surface area contributed by atoms with Crippen LogP contribution in [0.4, 0.5) is 0 Å². The van der Waals surface area contributed by atoms with Crippen molar-refractivity contribution in [2.75, 3.05) is 0 Å². The molecular formula is C21H22ClN3O2. The fourth-order valence-corrected chi connectivity index (χ4v) is 2.97. The van der Waals surface area contributed by atoms with E-state index in [1.165, 1.54) is 0 Å². The number of hydrogen-bond acceptors (Lipinski definition) is 3. The monoisotopic (exact) mass is 383 g/mol. The highest BCUT2D eigenvalue weighted by molar-refractivity contribution is 6.30. The number of carbonyl (C=O) groups is 1. The van der Waals surface area contributed by atoms with Crippen molar-refractivity contribution in [3.8, 4) is 11.4 Å². The molecule has 0 fully saturated rings. The predicted octanol–water partition coefficient (Wildman–Crippen LogP) is 4.23. The zero-order valence-electron chi connectivity index (χ0n) is 15.6. The molecule has 0 bridgehead atoms. The highest BCUT2D eigenvalue weighted by Crippen LogP contribution is 2.19. The summed E-state index contributed by atoms with van der Waals surface area (Å²) in [4.78, 5) is 12.4. The van der Waals surface area contributed by atoms with Crippen LogP contribution in [-0.2, 0) is 11.3 Å². The number of rotatable bonds is 6. The van der Waals surface area contributed by atoms with Crippen LogP contribution in [0.1, 0.15) is 23.9 Å².